The molecular formula is C20H21F2N7O. The number of nitrogens with zero attached hydrogens (tertiary/aromatic N) is 7. The average Bonchev–Trinajstić information content (AvgIpc) is 3.26. The van der Waals surface area contributed by atoms with Crippen molar-refractivity contribution in [1.29, 1.82) is 0 Å². The molecule has 1 aromatic carbocycles. The van der Waals surface area contributed by atoms with Gasteiger partial charge in [-0.15, -0.1) is 10.2 Å². The fraction of sp³-hybridized carbons (Fsp3) is 0.350. The summed E-state index contributed by atoms with van der Waals surface area (Å²) in [6.45, 7) is 7.98. The average molecular weight is 413 g/mol. The summed E-state index contributed by atoms with van der Waals surface area (Å²) < 4.78 is 37.4. The van der Waals surface area contributed by atoms with Gasteiger partial charge in [-0.3, -0.25) is 4.68 Å². The molecule has 156 valence electrons. The standard InChI is InChI=1S/C20H21F2N7O/c1-11-17-16(20(2,3)4)19(30-9-15-23-10-24-28(15)5)27-29(17)18(26-25-11)13-8-12(21)6-7-14(13)22/h6-8,10H,9H2,1-5H3. The Morgan fingerprint density at radius 1 is 1.13 bits per heavy atom. The zero-order chi connectivity index (χ0) is 21.6. The van der Waals surface area contributed by atoms with E-state index in [2.05, 4.69) is 25.4 Å². The highest BCUT2D eigenvalue weighted by atomic mass is 19.1. The summed E-state index contributed by atoms with van der Waals surface area (Å²) in [4.78, 5) is 4.16. The highest BCUT2D eigenvalue weighted by molar-refractivity contribution is 5.69. The fourth-order valence-corrected chi connectivity index (χ4v) is 3.30. The van der Waals surface area contributed by atoms with E-state index in [-0.39, 0.29) is 23.4 Å². The van der Waals surface area contributed by atoms with E-state index in [0.717, 1.165) is 23.8 Å². The Morgan fingerprint density at radius 2 is 1.90 bits per heavy atom. The lowest BCUT2D eigenvalue weighted by atomic mass is 9.87. The monoisotopic (exact) mass is 413 g/mol. The Morgan fingerprint density at radius 3 is 2.57 bits per heavy atom. The van der Waals surface area contributed by atoms with Gasteiger partial charge in [0.25, 0.3) is 0 Å². The van der Waals surface area contributed by atoms with Crippen molar-refractivity contribution in [3.63, 3.8) is 0 Å². The minimum atomic E-state index is -0.620. The number of hydrogen-bond donors (Lipinski definition) is 0. The van der Waals surface area contributed by atoms with Crippen molar-refractivity contribution in [3.05, 3.63) is 53.2 Å². The van der Waals surface area contributed by atoms with E-state index >= 15 is 0 Å². The van der Waals surface area contributed by atoms with Crippen LogP contribution in [0.3, 0.4) is 0 Å². The molecule has 4 aromatic rings. The lowest BCUT2D eigenvalue weighted by molar-refractivity contribution is 0.270. The Balaban J connectivity index is 1.93. The van der Waals surface area contributed by atoms with Crippen LogP contribution in [0.25, 0.3) is 16.9 Å². The van der Waals surface area contributed by atoms with E-state index in [0.29, 0.717) is 22.9 Å². The molecule has 0 aliphatic rings. The van der Waals surface area contributed by atoms with Crippen LogP contribution in [0.5, 0.6) is 5.88 Å². The molecule has 0 N–H and O–H groups in total. The van der Waals surface area contributed by atoms with E-state index in [1.807, 2.05) is 20.8 Å². The lowest BCUT2D eigenvalue weighted by Crippen LogP contribution is -2.14. The van der Waals surface area contributed by atoms with Gasteiger partial charge in [-0.05, 0) is 30.5 Å². The quantitative estimate of drug-likeness (QED) is 0.510. The first-order valence-electron chi connectivity index (χ1n) is 9.34. The molecule has 4 rings (SSSR count). The molecular weight excluding hydrogens is 392 g/mol. The van der Waals surface area contributed by atoms with Gasteiger partial charge in [0, 0.05) is 12.6 Å². The van der Waals surface area contributed by atoms with Gasteiger partial charge in [0.2, 0.25) is 5.88 Å². The summed E-state index contributed by atoms with van der Waals surface area (Å²) in [6.07, 6.45) is 1.44. The maximum Gasteiger partial charge on any atom is 0.238 e. The van der Waals surface area contributed by atoms with Gasteiger partial charge in [0.1, 0.15) is 24.6 Å². The van der Waals surface area contributed by atoms with Crippen LogP contribution >= 0.6 is 0 Å². The molecule has 0 unspecified atom stereocenters. The van der Waals surface area contributed by atoms with Crippen LogP contribution in [0.15, 0.2) is 24.5 Å². The number of ether oxygens (including phenoxy) is 1. The van der Waals surface area contributed by atoms with Crippen molar-refractivity contribution in [2.45, 2.75) is 39.7 Å². The molecule has 0 spiro atoms. The van der Waals surface area contributed by atoms with Gasteiger partial charge in [-0.2, -0.15) is 10.2 Å². The van der Waals surface area contributed by atoms with Crippen LogP contribution < -0.4 is 4.74 Å². The molecule has 30 heavy (non-hydrogen) atoms. The minimum Gasteiger partial charge on any atom is -0.468 e. The van der Waals surface area contributed by atoms with Gasteiger partial charge < -0.3 is 4.74 Å². The Bertz CT molecular complexity index is 1240. The third kappa shape index (κ3) is 3.38. The molecule has 8 nitrogen and oxygen atoms in total. The van der Waals surface area contributed by atoms with Gasteiger partial charge in [-0.1, -0.05) is 20.8 Å². The predicted octanol–water partition coefficient (Wildman–Crippen LogP) is 3.38. The molecule has 0 saturated carbocycles. The first-order chi connectivity index (χ1) is 14.2. The van der Waals surface area contributed by atoms with E-state index in [4.69, 9.17) is 4.74 Å². The van der Waals surface area contributed by atoms with Crippen LogP contribution in [-0.4, -0.2) is 34.6 Å². The lowest BCUT2D eigenvalue weighted by Gasteiger charge is -2.19. The topological polar surface area (TPSA) is 83.0 Å². The zero-order valence-corrected chi connectivity index (χ0v) is 17.3. The molecule has 0 amide bonds. The van der Waals surface area contributed by atoms with E-state index < -0.39 is 11.6 Å². The third-order valence-electron chi connectivity index (χ3n) is 4.75. The third-order valence-corrected chi connectivity index (χ3v) is 4.75. The minimum absolute atomic E-state index is 0.0321. The van der Waals surface area contributed by atoms with Crippen LogP contribution in [0, 0.1) is 18.6 Å². The summed E-state index contributed by atoms with van der Waals surface area (Å²) in [5, 5.41) is 16.9. The van der Waals surface area contributed by atoms with Crippen LogP contribution in [-0.2, 0) is 19.1 Å². The summed E-state index contributed by atoms with van der Waals surface area (Å²) in [5.74, 6) is -0.140. The predicted molar refractivity (Wildman–Crippen MR) is 105 cm³/mol. The summed E-state index contributed by atoms with van der Waals surface area (Å²) in [7, 11) is 1.77. The molecule has 0 atom stereocenters. The van der Waals surface area contributed by atoms with Gasteiger partial charge in [0.05, 0.1) is 16.8 Å². The molecule has 3 aromatic heterocycles. The highest BCUT2D eigenvalue weighted by Gasteiger charge is 2.30. The largest absolute Gasteiger partial charge is 0.468 e. The number of benzene rings is 1. The fourth-order valence-electron chi connectivity index (χ4n) is 3.30. The number of fused-ring (bicyclic) bond motifs is 1. The van der Waals surface area contributed by atoms with E-state index in [9.17, 15) is 8.78 Å². The second-order valence-corrected chi connectivity index (χ2v) is 8.01. The van der Waals surface area contributed by atoms with E-state index in [1.54, 1.807) is 18.7 Å². The van der Waals surface area contributed by atoms with Crippen molar-refractivity contribution in [2.24, 2.45) is 7.05 Å². The van der Waals surface area contributed by atoms with Crippen molar-refractivity contribution in [2.75, 3.05) is 0 Å². The molecule has 0 radical (unpaired) electrons. The summed E-state index contributed by atoms with van der Waals surface area (Å²) in [5.41, 5.74) is 1.62. The molecule has 3 heterocycles. The normalized spacial score (nSPS) is 12.0. The van der Waals surface area contributed by atoms with Crippen molar-refractivity contribution in [3.8, 4) is 17.3 Å². The highest BCUT2D eigenvalue weighted by Crippen LogP contribution is 2.37. The first kappa shape index (κ1) is 19.9. The number of aromatic nitrogens is 7. The smallest absolute Gasteiger partial charge is 0.238 e. The van der Waals surface area contributed by atoms with Crippen molar-refractivity contribution in [1.82, 2.24) is 34.6 Å². The van der Waals surface area contributed by atoms with Crippen molar-refractivity contribution < 1.29 is 13.5 Å². The summed E-state index contributed by atoms with van der Waals surface area (Å²) >= 11 is 0. The second kappa shape index (κ2) is 7.12. The van der Waals surface area contributed by atoms with Gasteiger partial charge in [0.15, 0.2) is 11.6 Å². The molecule has 0 aliphatic heterocycles. The molecule has 0 saturated heterocycles. The van der Waals surface area contributed by atoms with Crippen LogP contribution in [0.1, 0.15) is 37.9 Å². The summed E-state index contributed by atoms with van der Waals surface area (Å²) in [6, 6.07) is 3.18. The molecule has 10 heteroatoms. The van der Waals surface area contributed by atoms with Crippen LogP contribution in [0.4, 0.5) is 8.78 Å². The van der Waals surface area contributed by atoms with Gasteiger partial charge >= 0.3 is 0 Å². The maximum atomic E-state index is 14.5. The number of hydrogen-bond acceptors (Lipinski definition) is 6. The molecule has 0 fully saturated rings. The number of halogens is 2. The van der Waals surface area contributed by atoms with Gasteiger partial charge in [-0.25, -0.2) is 18.3 Å². The second-order valence-electron chi connectivity index (χ2n) is 8.01. The molecule has 0 aliphatic carbocycles. The zero-order valence-electron chi connectivity index (χ0n) is 17.3. The molecule has 0 bridgehead atoms. The van der Waals surface area contributed by atoms with Crippen molar-refractivity contribution >= 4 is 5.52 Å². The SMILES string of the molecule is Cc1nnc(-c2cc(F)ccc2F)n2nc(OCc3ncnn3C)c(C(C)(C)C)c12. The first-order valence-corrected chi connectivity index (χ1v) is 9.34. The van der Waals surface area contributed by atoms with Crippen LogP contribution in [0.2, 0.25) is 0 Å². The maximum absolute atomic E-state index is 14.5. The Labute approximate surface area is 171 Å². The number of aryl methyl sites for hydroxylation is 2. The Hall–Kier alpha value is -3.43. The number of rotatable bonds is 4. The Kier molecular flexibility index (Phi) is 4.71. The van der Waals surface area contributed by atoms with E-state index in [1.165, 1.54) is 10.8 Å².